The Morgan fingerprint density at radius 2 is 2.41 bits per heavy atom. The molecule has 3 atom stereocenters. The van der Waals surface area contributed by atoms with Crippen LogP contribution in [-0.2, 0) is 9.53 Å². The topological polar surface area (TPSA) is 64.3 Å². The van der Waals surface area contributed by atoms with E-state index in [1.807, 2.05) is 6.26 Å². The van der Waals surface area contributed by atoms with E-state index in [-0.39, 0.29) is 11.9 Å². The Morgan fingerprint density at radius 3 is 3.06 bits per heavy atom. The smallest absolute Gasteiger partial charge is 0.236 e. The molecule has 100 valence electrons. The number of thioether (sulfide) groups is 1. The summed E-state index contributed by atoms with van der Waals surface area (Å²) in [6.45, 7) is 3.64. The Kier molecular flexibility index (Phi) is 6.92. The maximum Gasteiger partial charge on any atom is 0.236 e. The number of nitrogens with one attached hydrogen (secondary N) is 1. The zero-order chi connectivity index (χ0) is 12.7. The molecular formula is C12H24N2O2S. The summed E-state index contributed by atoms with van der Waals surface area (Å²) in [4.78, 5) is 11.7. The van der Waals surface area contributed by atoms with Crippen molar-refractivity contribution in [3.8, 4) is 0 Å². The van der Waals surface area contributed by atoms with Crippen molar-refractivity contribution in [3.63, 3.8) is 0 Å². The number of carbonyl (C=O) groups excluding carboxylic acids is 1. The SMILES string of the molecule is CCC1OCCC1CNC(=O)[C@H](N)CCSC. The van der Waals surface area contributed by atoms with Gasteiger partial charge in [0, 0.05) is 19.1 Å². The summed E-state index contributed by atoms with van der Waals surface area (Å²) in [6, 6.07) is -0.371. The summed E-state index contributed by atoms with van der Waals surface area (Å²) in [7, 11) is 0. The molecule has 3 N–H and O–H groups in total. The van der Waals surface area contributed by atoms with Crippen LogP contribution in [0.4, 0.5) is 0 Å². The molecule has 17 heavy (non-hydrogen) atoms. The van der Waals surface area contributed by atoms with Crippen LogP contribution in [0.3, 0.4) is 0 Å². The number of rotatable bonds is 7. The monoisotopic (exact) mass is 260 g/mol. The molecule has 0 bridgehead atoms. The van der Waals surface area contributed by atoms with Crippen molar-refractivity contribution in [1.29, 1.82) is 0 Å². The minimum absolute atomic E-state index is 0.0270. The minimum atomic E-state index is -0.371. The zero-order valence-corrected chi connectivity index (χ0v) is 11.6. The molecule has 1 aliphatic rings. The van der Waals surface area contributed by atoms with E-state index < -0.39 is 0 Å². The molecule has 2 unspecified atom stereocenters. The summed E-state index contributed by atoms with van der Waals surface area (Å²) in [5, 5.41) is 2.94. The van der Waals surface area contributed by atoms with Gasteiger partial charge in [0.05, 0.1) is 12.1 Å². The molecule has 1 fully saturated rings. The molecule has 0 spiro atoms. The maximum atomic E-state index is 11.7. The van der Waals surface area contributed by atoms with Crippen molar-refractivity contribution in [2.45, 2.75) is 38.3 Å². The molecular weight excluding hydrogens is 236 g/mol. The molecule has 1 aliphatic heterocycles. The third-order valence-corrected chi connectivity index (χ3v) is 3.90. The lowest BCUT2D eigenvalue weighted by atomic mass is 9.99. The molecule has 0 aromatic heterocycles. The van der Waals surface area contributed by atoms with Crippen LogP contribution in [0.15, 0.2) is 0 Å². The molecule has 0 radical (unpaired) electrons. The fourth-order valence-corrected chi connectivity index (χ4v) is 2.61. The van der Waals surface area contributed by atoms with Crippen LogP contribution in [0.5, 0.6) is 0 Å². The fraction of sp³-hybridized carbons (Fsp3) is 0.917. The van der Waals surface area contributed by atoms with Gasteiger partial charge in [-0.15, -0.1) is 0 Å². The van der Waals surface area contributed by atoms with Crippen LogP contribution >= 0.6 is 11.8 Å². The van der Waals surface area contributed by atoms with Gasteiger partial charge in [0.25, 0.3) is 0 Å². The van der Waals surface area contributed by atoms with Gasteiger partial charge in [-0.1, -0.05) is 6.92 Å². The van der Waals surface area contributed by atoms with E-state index in [0.29, 0.717) is 18.6 Å². The first-order chi connectivity index (χ1) is 8.19. The van der Waals surface area contributed by atoms with Gasteiger partial charge in [0.15, 0.2) is 0 Å². The highest BCUT2D eigenvalue weighted by Crippen LogP contribution is 2.22. The van der Waals surface area contributed by atoms with Gasteiger partial charge in [-0.3, -0.25) is 4.79 Å². The Balaban J connectivity index is 2.22. The van der Waals surface area contributed by atoms with E-state index in [1.165, 1.54) is 0 Å². The molecule has 4 nitrogen and oxygen atoms in total. The van der Waals surface area contributed by atoms with Crippen LogP contribution in [0.1, 0.15) is 26.2 Å². The van der Waals surface area contributed by atoms with Crippen molar-refractivity contribution in [2.24, 2.45) is 11.7 Å². The third-order valence-electron chi connectivity index (χ3n) is 3.26. The number of amides is 1. The van der Waals surface area contributed by atoms with Crippen molar-refractivity contribution in [2.75, 3.05) is 25.2 Å². The van der Waals surface area contributed by atoms with Gasteiger partial charge in [-0.05, 0) is 31.3 Å². The third kappa shape index (κ3) is 4.85. The van der Waals surface area contributed by atoms with Crippen molar-refractivity contribution >= 4 is 17.7 Å². The second-order valence-electron chi connectivity index (χ2n) is 4.50. The molecule has 5 heteroatoms. The van der Waals surface area contributed by atoms with Gasteiger partial charge in [-0.25, -0.2) is 0 Å². The highest BCUT2D eigenvalue weighted by molar-refractivity contribution is 7.98. The average Bonchev–Trinajstić information content (AvgIpc) is 2.80. The molecule has 0 aromatic carbocycles. The number of carbonyl (C=O) groups is 1. The lowest BCUT2D eigenvalue weighted by molar-refractivity contribution is -0.122. The van der Waals surface area contributed by atoms with E-state index >= 15 is 0 Å². The summed E-state index contributed by atoms with van der Waals surface area (Å²) in [6.07, 6.45) is 5.12. The summed E-state index contributed by atoms with van der Waals surface area (Å²) in [5.74, 6) is 1.36. The van der Waals surface area contributed by atoms with Crippen LogP contribution in [0.25, 0.3) is 0 Å². The number of hydrogen-bond donors (Lipinski definition) is 2. The molecule has 0 aliphatic carbocycles. The Bertz CT molecular complexity index is 239. The van der Waals surface area contributed by atoms with Crippen LogP contribution in [0.2, 0.25) is 0 Å². The first-order valence-electron chi connectivity index (χ1n) is 6.32. The van der Waals surface area contributed by atoms with E-state index in [9.17, 15) is 4.79 Å². The van der Waals surface area contributed by atoms with Crippen molar-refractivity contribution in [3.05, 3.63) is 0 Å². The molecule has 0 saturated carbocycles. The highest BCUT2D eigenvalue weighted by atomic mass is 32.2. The summed E-state index contributed by atoms with van der Waals surface area (Å²) < 4.78 is 5.59. The van der Waals surface area contributed by atoms with E-state index in [0.717, 1.165) is 31.6 Å². The Hall–Kier alpha value is -0.260. The number of nitrogens with two attached hydrogens (primary N) is 1. The molecule has 1 saturated heterocycles. The first-order valence-corrected chi connectivity index (χ1v) is 7.72. The predicted molar refractivity (Wildman–Crippen MR) is 72.1 cm³/mol. The molecule has 1 rings (SSSR count). The van der Waals surface area contributed by atoms with Crippen LogP contribution in [-0.4, -0.2) is 43.2 Å². The van der Waals surface area contributed by atoms with Gasteiger partial charge < -0.3 is 15.8 Å². The van der Waals surface area contributed by atoms with Crippen molar-refractivity contribution < 1.29 is 9.53 Å². The fourth-order valence-electron chi connectivity index (χ4n) is 2.12. The van der Waals surface area contributed by atoms with Gasteiger partial charge in [0.2, 0.25) is 5.91 Å². The van der Waals surface area contributed by atoms with Gasteiger partial charge in [0.1, 0.15) is 0 Å². The van der Waals surface area contributed by atoms with Gasteiger partial charge >= 0.3 is 0 Å². The highest BCUT2D eigenvalue weighted by Gasteiger charge is 2.27. The van der Waals surface area contributed by atoms with Crippen molar-refractivity contribution in [1.82, 2.24) is 5.32 Å². The van der Waals surface area contributed by atoms with E-state index in [2.05, 4.69) is 12.2 Å². The second-order valence-corrected chi connectivity index (χ2v) is 5.48. The lowest BCUT2D eigenvalue weighted by Crippen LogP contribution is -2.43. The predicted octanol–water partition coefficient (Wildman–Crippen LogP) is 0.998. The molecule has 1 amide bonds. The van der Waals surface area contributed by atoms with E-state index in [4.69, 9.17) is 10.5 Å². The van der Waals surface area contributed by atoms with Crippen LogP contribution < -0.4 is 11.1 Å². The first kappa shape index (κ1) is 14.8. The maximum absolute atomic E-state index is 11.7. The molecule has 1 heterocycles. The molecule has 0 aromatic rings. The largest absolute Gasteiger partial charge is 0.378 e. The Morgan fingerprint density at radius 1 is 1.65 bits per heavy atom. The zero-order valence-electron chi connectivity index (χ0n) is 10.8. The second kappa shape index (κ2) is 7.95. The lowest BCUT2D eigenvalue weighted by Gasteiger charge is -2.18. The quantitative estimate of drug-likeness (QED) is 0.717. The van der Waals surface area contributed by atoms with E-state index in [1.54, 1.807) is 11.8 Å². The number of hydrogen-bond acceptors (Lipinski definition) is 4. The Labute approximate surface area is 108 Å². The average molecular weight is 260 g/mol. The standard InChI is InChI=1S/C12H24N2O2S/c1-3-11-9(4-6-16-11)8-14-12(15)10(13)5-7-17-2/h9-11H,3-8,13H2,1-2H3,(H,14,15)/t9?,10-,11?/m1/s1. The summed E-state index contributed by atoms with van der Waals surface area (Å²) >= 11 is 1.71. The van der Waals surface area contributed by atoms with Crippen LogP contribution in [0, 0.1) is 5.92 Å². The van der Waals surface area contributed by atoms with Gasteiger partial charge in [-0.2, -0.15) is 11.8 Å². The minimum Gasteiger partial charge on any atom is -0.378 e. The summed E-state index contributed by atoms with van der Waals surface area (Å²) in [5.41, 5.74) is 5.80. The number of ether oxygens (including phenoxy) is 1. The normalized spacial score (nSPS) is 25.8.